The second-order valence-corrected chi connectivity index (χ2v) is 7.98. The Labute approximate surface area is 164 Å². The first-order chi connectivity index (χ1) is 13.3. The van der Waals surface area contributed by atoms with Crippen LogP contribution in [-0.4, -0.2) is 11.6 Å². The van der Waals surface area contributed by atoms with E-state index < -0.39 is 0 Å². The highest BCUT2D eigenvalue weighted by Crippen LogP contribution is 2.37. The largest absolute Gasteiger partial charge is 0.457 e. The minimum Gasteiger partial charge on any atom is -0.457 e. The number of carbonyl (C=O) groups is 2. The number of ketones is 2. The van der Waals surface area contributed by atoms with E-state index in [2.05, 4.69) is 20.8 Å². The molecule has 0 saturated carbocycles. The molecule has 0 atom stereocenters. The van der Waals surface area contributed by atoms with Crippen LogP contribution in [0.25, 0.3) is 0 Å². The highest BCUT2D eigenvalue weighted by Gasteiger charge is 2.33. The van der Waals surface area contributed by atoms with Crippen LogP contribution in [0, 0.1) is 0 Å². The Morgan fingerprint density at radius 1 is 0.750 bits per heavy atom. The molecule has 0 saturated heterocycles. The summed E-state index contributed by atoms with van der Waals surface area (Å²) in [7, 11) is 0. The van der Waals surface area contributed by atoms with Gasteiger partial charge in [-0.3, -0.25) is 9.59 Å². The van der Waals surface area contributed by atoms with Crippen LogP contribution >= 0.6 is 0 Å². The number of benzene rings is 3. The van der Waals surface area contributed by atoms with Gasteiger partial charge in [0.15, 0.2) is 11.6 Å². The summed E-state index contributed by atoms with van der Waals surface area (Å²) in [6.07, 6.45) is 0. The van der Waals surface area contributed by atoms with Gasteiger partial charge in [-0.25, -0.2) is 0 Å². The Bertz CT molecular complexity index is 1110. The fraction of sp³-hybridized carbons (Fsp3) is 0.167. The normalized spacial score (nSPS) is 13.1. The van der Waals surface area contributed by atoms with Crippen LogP contribution < -0.4 is 10.5 Å². The molecule has 1 aliphatic rings. The van der Waals surface area contributed by atoms with Crippen molar-refractivity contribution in [1.82, 2.24) is 0 Å². The number of ether oxygens (including phenoxy) is 1. The van der Waals surface area contributed by atoms with Gasteiger partial charge in [0, 0.05) is 16.8 Å². The lowest BCUT2D eigenvalue weighted by atomic mass is 9.83. The van der Waals surface area contributed by atoms with Gasteiger partial charge in [-0.2, -0.15) is 0 Å². The SMILES string of the molecule is CC(C)(C)c1ccc(Oc2cccc3c2C(=O)c2cccc(N)c2C3=O)cc1. The summed E-state index contributed by atoms with van der Waals surface area (Å²) >= 11 is 0. The molecule has 28 heavy (non-hydrogen) atoms. The van der Waals surface area contributed by atoms with Gasteiger partial charge in [-0.05, 0) is 35.2 Å². The molecule has 3 aromatic rings. The van der Waals surface area contributed by atoms with Crippen LogP contribution in [0.2, 0.25) is 0 Å². The topological polar surface area (TPSA) is 69.4 Å². The first-order valence-electron chi connectivity index (χ1n) is 9.16. The minimum atomic E-state index is -0.253. The molecule has 0 spiro atoms. The zero-order valence-corrected chi connectivity index (χ0v) is 16.1. The number of anilines is 1. The third-order valence-corrected chi connectivity index (χ3v) is 5.01. The van der Waals surface area contributed by atoms with E-state index in [1.807, 2.05) is 24.3 Å². The van der Waals surface area contributed by atoms with Crippen LogP contribution in [0.4, 0.5) is 5.69 Å². The van der Waals surface area contributed by atoms with E-state index in [4.69, 9.17) is 10.5 Å². The van der Waals surface area contributed by atoms with Crippen LogP contribution in [0.1, 0.15) is 58.2 Å². The molecule has 2 N–H and O–H groups in total. The first kappa shape index (κ1) is 18.0. The molecule has 4 heteroatoms. The van der Waals surface area contributed by atoms with Gasteiger partial charge < -0.3 is 10.5 Å². The molecule has 0 unspecified atom stereocenters. The molecule has 0 aliphatic heterocycles. The highest BCUT2D eigenvalue weighted by molar-refractivity contribution is 6.30. The van der Waals surface area contributed by atoms with Crippen molar-refractivity contribution in [3.63, 3.8) is 0 Å². The third-order valence-electron chi connectivity index (χ3n) is 5.01. The van der Waals surface area contributed by atoms with E-state index in [1.54, 1.807) is 36.4 Å². The van der Waals surface area contributed by atoms with E-state index in [1.165, 1.54) is 5.56 Å². The van der Waals surface area contributed by atoms with E-state index in [-0.39, 0.29) is 28.1 Å². The summed E-state index contributed by atoms with van der Waals surface area (Å²) in [6, 6.07) is 17.8. The van der Waals surface area contributed by atoms with Crippen molar-refractivity contribution in [2.75, 3.05) is 5.73 Å². The van der Waals surface area contributed by atoms with Crippen LogP contribution in [0.5, 0.6) is 11.5 Å². The van der Waals surface area contributed by atoms with Gasteiger partial charge in [-0.1, -0.05) is 57.2 Å². The molecule has 0 fully saturated rings. The number of fused-ring (bicyclic) bond motifs is 2. The summed E-state index contributed by atoms with van der Waals surface area (Å²) in [5.41, 5.74) is 8.68. The number of rotatable bonds is 2. The molecule has 3 aromatic carbocycles. The number of carbonyl (C=O) groups excluding carboxylic acids is 2. The number of hydrogen-bond acceptors (Lipinski definition) is 4. The molecule has 4 rings (SSSR count). The average molecular weight is 371 g/mol. The van der Waals surface area contributed by atoms with E-state index in [0.717, 1.165) is 0 Å². The Balaban J connectivity index is 1.76. The lowest BCUT2D eigenvalue weighted by molar-refractivity contribution is 0.0977. The molecule has 0 amide bonds. The van der Waals surface area contributed by atoms with Crippen LogP contribution in [0.15, 0.2) is 60.7 Å². The number of nitrogen functional groups attached to an aromatic ring is 1. The predicted molar refractivity (Wildman–Crippen MR) is 109 cm³/mol. The number of hydrogen-bond donors (Lipinski definition) is 1. The van der Waals surface area contributed by atoms with Crippen LogP contribution in [0.3, 0.4) is 0 Å². The van der Waals surface area contributed by atoms with Gasteiger partial charge in [-0.15, -0.1) is 0 Å². The van der Waals surface area contributed by atoms with Crippen molar-refractivity contribution in [3.8, 4) is 11.5 Å². The molecule has 140 valence electrons. The molecule has 1 aliphatic carbocycles. The fourth-order valence-corrected chi connectivity index (χ4v) is 3.47. The van der Waals surface area contributed by atoms with Crippen molar-refractivity contribution in [1.29, 1.82) is 0 Å². The summed E-state index contributed by atoms with van der Waals surface area (Å²) in [5, 5.41) is 0. The highest BCUT2D eigenvalue weighted by atomic mass is 16.5. The second kappa shape index (κ2) is 6.34. The van der Waals surface area contributed by atoms with Gasteiger partial charge in [0.2, 0.25) is 0 Å². The lowest BCUT2D eigenvalue weighted by Gasteiger charge is -2.22. The maximum Gasteiger partial charge on any atom is 0.198 e. The van der Waals surface area contributed by atoms with Crippen molar-refractivity contribution < 1.29 is 14.3 Å². The minimum absolute atomic E-state index is 0.0382. The van der Waals surface area contributed by atoms with Crippen LogP contribution in [-0.2, 0) is 5.41 Å². The number of nitrogens with two attached hydrogens (primary N) is 1. The van der Waals surface area contributed by atoms with Crippen molar-refractivity contribution in [2.45, 2.75) is 26.2 Å². The quantitative estimate of drug-likeness (QED) is 0.496. The summed E-state index contributed by atoms with van der Waals surface area (Å²) in [4.78, 5) is 26.1. The summed E-state index contributed by atoms with van der Waals surface area (Å²) in [6.45, 7) is 6.43. The zero-order chi connectivity index (χ0) is 20.1. The molecule has 4 nitrogen and oxygen atoms in total. The standard InChI is InChI=1S/C24H21NO3/c1-24(2,3)14-10-12-15(13-11-14)28-19-9-5-7-17-21(19)23(27)16-6-4-8-18(25)20(16)22(17)26/h4-13H,25H2,1-3H3. The van der Waals surface area contributed by atoms with Crippen molar-refractivity contribution in [2.24, 2.45) is 0 Å². The molecule has 0 aromatic heterocycles. The summed E-state index contributed by atoms with van der Waals surface area (Å²) < 4.78 is 6.00. The van der Waals surface area contributed by atoms with E-state index in [9.17, 15) is 9.59 Å². The van der Waals surface area contributed by atoms with Gasteiger partial charge >= 0.3 is 0 Å². The molecular formula is C24H21NO3. The second-order valence-electron chi connectivity index (χ2n) is 7.98. The average Bonchev–Trinajstić information content (AvgIpc) is 2.65. The Morgan fingerprint density at radius 3 is 1.96 bits per heavy atom. The Hall–Kier alpha value is -3.40. The maximum absolute atomic E-state index is 13.1. The molecular weight excluding hydrogens is 350 g/mol. The molecule has 0 bridgehead atoms. The Kier molecular flexibility index (Phi) is 4.07. The smallest absolute Gasteiger partial charge is 0.198 e. The first-order valence-corrected chi connectivity index (χ1v) is 9.16. The fourth-order valence-electron chi connectivity index (χ4n) is 3.47. The molecule has 0 radical (unpaired) electrons. The predicted octanol–water partition coefficient (Wildman–Crippen LogP) is 5.13. The van der Waals surface area contributed by atoms with E-state index >= 15 is 0 Å². The monoisotopic (exact) mass is 371 g/mol. The molecule has 0 heterocycles. The van der Waals surface area contributed by atoms with Crippen molar-refractivity contribution in [3.05, 3.63) is 88.5 Å². The van der Waals surface area contributed by atoms with Gasteiger partial charge in [0.25, 0.3) is 0 Å². The van der Waals surface area contributed by atoms with E-state index in [0.29, 0.717) is 28.3 Å². The zero-order valence-electron chi connectivity index (χ0n) is 16.1. The van der Waals surface area contributed by atoms with Gasteiger partial charge in [0.05, 0.1) is 11.1 Å². The maximum atomic E-state index is 13.1. The Morgan fingerprint density at radius 2 is 1.32 bits per heavy atom. The third kappa shape index (κ3) is 2.87. The summed E-state index contributed by atoms with van der Waals surface area (Å²) in [5.74, 6) is 0.475. The lowest BCUT2D eigenvalue weighted by Crippen LogP contribution is -2.22. The van der Waals surface area contributed by atoms with Gasteiger partial charge in [0.1, 0.15) is 11.5 Å². The van der Waals surface area contributed by atoms with Crippen molar-refractivity contribution >= 4 is 17.3 Å².